The summed E-state index contributed by atoms with van der Waals surface area (Å²) in [4.78, 5) is 0. The first kappa shape index (κ1) is 12.7. The Bertz CT molecular complexity index is 609. The molecule has 0 N–H and O–H groups in total. The molecule has 0 heteroatoms. The molecule has 100 valence electrons. The molecular formula is C19H24. The highest BCUT2D eigenvalue weighted by molar-refractivity contribution is 5.86. The van der Waals surface area contributed by atoms with Gasteiger partial charge in [-0.1, -0.05) is 37.1 Å². The van der Waals surface area contributed by atoms with Gasteiger partial charge in [-0.2, -0.15) is 0 Å². The first-order chi connectivity index (χ1) is 8.99. The molecule has 0 nitrogen and oxygen atoms in total. The van der Waals surface area contributed by atoms with Crippen molar-refractivity contribution in [3.8, 4) is 0 Å². The largest absolute Gasteiger partial charge is 0.0667 e. The van der Waals surface area contributed by atoms with Crippen molar-refractivity contribution in [2.24, 2.45) is 5.92 Å². The average Bonchev–Trinajstić information content (AvgIpc) is 2.56. The molecule has 0 fully saturated rings. The van der Waals surface area contributed by atoms with Crippen molar-refractivity contribution in [1.82, 2.24) is 0 Å². The summed E-state index contributed by atoms with van der Waals surface area (Å²) in [5, 5.41) is 0. The Morgan fingerprint density at radius 1 is 1.05 bits per heavy atom. The summed E-state index contributed by atoms with van der Waals surface area (Å²) < 4.78 is 0. The third kappa shape index (κ3) is 1.89. The predicted molar refractivity (Wildman–Crippen MR) is 83.5 cm³/mol. The second kappa shape index (κ2) is 4.37. The van der Waals surface area contributed by atoms with Gasteiger partial charge in [0.1, 0.15) is 0 Å². The molecular weight excluding hydrogens is 228 g/mol. The Hall–Kier alpha value is -1.30. The van der Waals surface area contributed by atoms with Crippen LogP contribution >= 0.6 is 0 Å². The lowest BCUT2D eigenvalue weighted by molar-refractivity contribution is 0.712. The van der Waals surface area contributed by atoms with Crippen LogP contribution in [0.25, 0.3) is 5.57 Å². The van der Waals surface area contributed by atoms with Crippen LogP contribution in [0.2, 0.25) is 0 Å². The first-order valence-electron chi connectivity index (χ1n) is 7.51. The number of hydrogen-bond acceptors (Lipinski definition) is 0. The SMILES string of the molecule is CC1=C2C=C(C(C)C)CCc3cc(C)c(C)c(c32)C1. The molecule has 0 saturated carbocycles. The maximum Gasteiger partial charge on any atom is -0.00517 e. The van der Waals surface area contributed by atoms with Gasteiger partial charge in [-0.05, 0) is 79.3 Å². The van der Waals surface area contributed by atoms with E-state index in [9.17, 15) is 0 Å². The van der Waals surface area contributed by atoms with E-state index in [0.29, 0.717) is 5.92 Å². The first-order valence-corrected chi connectivity index (χ1v) is 7.51. The second-order valence-electron chi connectivity index (χ2n) is 6.58. The summed E-state index contributed by atoms with van der Waals surface area (Å²) in [6.45, 7) is 11.5. The maximum atomic E-state index is 2.50. The molecule has 3 rings (SSSR count). The Labute approximate surface area is 117 Å². The third-order valence-corrected chi connectivity index (χ3v) is 4.98. The lowest BCUT2D eigenvalue weighted by Crippen LogP contribution is -1.99. The van der Waals surface area contributed by atoms with Crippen LogP contribution in [0.4, 0.5) is 0 Å². The monoisotopic (exact) mass is 252 g/mol. The van der Waals surface area contributed by atoms with E-state index in [0.717, 1.165) is 6.42 Å². The van der Waals surface area contributed by atoms with Crippen LogP contribution in [-0.4, -0.2) is 0 Å². The van der Waals surface area contributed by atoms with Crippen molar-refractivity contribution in [3.63, 3.8) is 0 Å². The van der Waals surface area contributed by atoms with E-state index in [1.165, 1.54) is 29.5 Å². The minimum absolute atomic E-state index is 0.667. The fraction of sp³-hybridized carbons (Fsp3) is 0.474. The smallest absolute Gasteiger partial charge is 0.00517 e. The minimum Gasteiger partial charge on any atom is -0.0667 e. The number of aryl methyl sites for hydroxylation is 2. The normalized spacial score (nSPS) is 17.7. The zero-order valence-electron chi connectivity index (χ0n) is 12.9. The van der Waals surface area contributed by atoms with Gasteiger partial charge in [-0.15, -0.1) is 0 Å². The molecule has 0 aliphatic heterocycles. The molecule has 0 bridgehead atoms. The van der Waals surface area contributed by atoms with E-state index in [1.54, 1.807) is 27.8 Å². The fourth-order valence-corrected chi connectivity index (χ4v) is 3.58. The number of allylic oxidation sites excluding steroid dienone is 4. The lowest BCUT2D eigenvalue weighted by atomic mass is 9.91. The van der Waals surface area contributed by atoms with Crippen LogP contribution in [0.5, 0.6) is 0 Å². The minimum atomic E-state index is 0.667. The van der Waals surface area contributed by atoms with Crippen molar-refractivity contribution < 1.29 is 0 Å². The number of benzene rings is 1. The lowest BCUT2D eigenvalue weighted by Gasteiger charge is -2.14. The highest BCUT2D eigenvalue weighted by Crippen LogP contribution is 2.42. The van der Waals surface area contributed by atoms with E-state index in [-0.39, 0.29) is 0 Å². The molecule has 0 amide bonds. The fourth-order valence-electron chi connectivity index (χ4n) is 3.58. The van der Waals surface area contributed by atoms with Crippen LogP contribution in [0, 0.1) is 19.8 Å². The average molecular weight is 252 g/mol. The van der Waals surface area contributed by atoms with Gasteiger partial charge in [0.2, 0.25) is 0 Å². The summed E-state index contributed by atoms with van der Waals surface area (Å²) in [6, 6.07) is 2.43. The van der Waals surface area contributed by atoms with Gasteiger partial charge >= 0.3 is 0 Å². The van der Waals surface area contributed by atoms with Crippen molar-refractivity contribution in [3.05, 3.63) is 51.1 Å². The Balaban J connectivity index is 2.24. The zero-order valence-corrected chi connectivity index (χ0v) is 12.9. The molecule has 0 radical (unpaired) electrons. The quantitative estimate of drug-likeness (QED) is 0.647. The summed E-state index contributed by atoms with van der Waals surface area (Å²) in [7, 11) is 0. The molecule has 0 unspecified atom stereocenters. The second-order valence-corrected chi connectivity index (χ2v) is 6.58. The Kier molecular flexibility index (Phi) is 2.92. The highest BCUT2D eigenvalue weighted by atomic mass is 14.3. The summed E-state index contributed by atoms with van der Waals surface area (Å²) in [5.74, 6) is 0.667. The number of hydrogen-bond donors (Lipinski definition) is 0. The zero-order chi connectivity index (χ0) is 13.7. The molecule has 0 heterocycles. The van der Waals surface area contributed by atoms with Gasteiger partial charge in [-0.25, -0.2) is 0 Å². The van der Waals surface area contributed by atoms with Crippen LogP contribution in [0.15, 0.2) is 23.3 Å². The molecule has 2 aliphatic rings. The maximum absolute atomic E-state index is 2.50. The van der Waals surface area contributed by atoms with E-state index < -0.39 is 0 Å². The predicted octanol–water partition coefficient (Wildman–Crippen LogP) is 5.16. The van der Waals surface area contributed by atoms with Crippen molar-refractivity contribution >= 4 is 5.57 Å². The number of rotatable bonds is 1. The molecule has 19 heavy (non-hydrogen) atoms. The van der Waals surface area contributed by atoms with Gasteiger partial charge < -0.3 is 0 Å². The molecule has 0 saturated heterocycles. The van der Waals surface area contributed by atoms with Crippen LogP contribution in [0.3, 0.4) is 0 Å². The summed E-state index contributed by atoms with van der Waals surface area (Å²) >= 11 is 0. The summed E-state index contributed by atoms with van der Waals surface area (Å²) in [5.41, 5.74) is 12.5. The Morgan fingerprint density at radius 3 is 2.47 bits per heavy atom. The van der Waals surface area contributed by atoms with Crippen LogP contribution in [-0.2, 0) is 12.8 Å². The Morgan fingerprint density at radius 2 is 1.79 bits per heavy atom. The summed E-state index contributed by atoms with van der Waals surface area (Å²) in [6.07, 6.45) is 6.10. The van der Waals surface area contributed by atoms with Crippen molar-refractivity contribution in [2.75, 3.05) is 0 Å². The van der Waals surface area contributed by atoms with Crippen molar-refractivity contribution in [2.45, 2.75) is 53.9 Å². The van der Waals surface area contributed by atoms with E-state index in [2.05, 4.69) is 46.8 Å². The molecule has 2 aliphatic carbocycles. The van der Waals surface area contributed by atoms with E-state index in [4.69, 9.17) is 0 Å². The molecule has 0 aromatic heterocycles. The van der Waals surface area contributed by atoms with Gasteiger partial charge in [0.15, 0.2) is 0 Å². The van der Waals surface area contributed by atoms with Crippen LogP contribution < -0.4 is 0 Å². The van der Waals surface area contributed by atoms with Gasteiger partial charge in [-0.3, -0.25) is 0 Å². The van der Waals surface area contributed by atoms with E-state index >= 15 is 0 Å². The molecule has 0 spiro atoms. The van der Waals surface area contributed by atoms with E-state index in [1.807, 2.05) is 0 Å². The highest BCUT2D eigenvalue weighted by Gasteiger charge is 2.26. The van der Waals surface area contributed by atoms with Gasteiger partial charge in [0.05, 0.1) is 0 Å². The van der Waals surface area contributed by atoms with Gasteiger partial charge in [0, 0.05) is 0 Å². The topological polar surface area (TPSA) is 0 Å². The molecule has 1 aromatic carbocycles. The van der Waals surface area contributed by atoms with Gasteiger partial charge in [0.25, 0.3) is 0 Å². The molecule has 1 aromatic rings. The van der Waals surface area contributed by atoms with Crippen molar-refractivity contribution in [1.29, 1.82) is 0 Å². The molecule has 0 atom stereocenters. The third-order valence-electron chi connectivity index (χ3n) is 4.98. The standard InChI is InChI=1S/C19H24/c1-11(2)15-6-7-16-8-12(3)14(5)18-9-13(4)17(10-15)19(16)18/h8,10-11H,6-7,9H2,1-5H3. The van der Waals surface area contributed by atoms with Crippen LogP contribution in [0.1, 0.15) is 55.0 Å².